The summed E-state index contributed by atoms with van der Waals surface area (Å²) in [6.07, 6.45) is 2.80. The number of likely N-dealkylation sites (N-methyl/N-ethyl adjacent to an activating group) is 1. The van der Waals surface area contributed by atoms with E-state index in [0.717, 1.165) is 34.4 Å². The van der Waals surface area contributed by atoms with Crippen molar-refractivity contribution >= 4 is 27.2 Å². The number of nitrogens with zero attached hydrogens (tertiary/aromatic N) is 2. The molecule has 0 spiro atoms. The predicted octanol–water partition coefficient (Wildman–Crippen LogP) is 1.79. The third kappa shape index (κ3) is 5.61. The van der Waals surface area contributed by atoms with Crippen LogP contribution in [0.1, 0.15) is 25.8 Å². The highest BCUT2D eigenvalue weighted by molar-refractivity contribution is 7.85. The smallest absolute Gasteiger partial charge is 0.366 e. The van der Waals surface area contributed by atoms with Gasteiger partial charge in [0.2, 0.25) is 0 Å². The molecule has 2 heterocycles. The zero-order chi connectivity index (χ0) is 23.5. The lowest BCUT2D eigenvalue weighted by Gasteiger charge is -2.24. The monoisotopic (exact) mass is 467 g/mol. The standard InChI is InChI=1S/C22H33N3O6S/c1-22(2,21(26)31-18-8-10-23-13-18)15-30-32(27,28)25-14-16(9-11-24(3)4)19-7-6-17(29-5)12-20(19)25/h6-7,12,14,18,23H,8-11,13,15H2,1-5H3. The van der Waals surface area contributed by atoms with Gasteiger partial charge < -0.3 is 19.7 Å². The maximum atomic E-state index is 13.1. The van der Waals surface area contributed by atoms with Crippen LogP contribution in [0.2, 0.25) is 0 Å². The van der Waals surface area contributed by atoms with E-state index in [2.05, 4.69) is 5.32 Å². The lowest BCUT2D eigenvalue weighted by molar-refractivity contribution is -0.160. The van der Waals surface area contributed by atoms with Crippen molar-refractivity contribution in [3.05, 3.63) is 30.0 Å². The lowest BCUT2D eigenvalue weighted by Crippen LogP contribution is -2.36. The molecule has 32 heavy (non-hydrogen) atoms. The Hall–Kier alpha value is -2.14. The van der Waals surface area contributed by atoms with E-state index in [-0.39, 0.29) is 12.7 Å². The SMILES string of the molecule is COc1ccc2c(CCN(C)C)cn(S(=O)(=O)OCC(C)(C)C(=O)OC3CCNC3)c2c1. The van der Waals surface area contributed by atoms with Gasteiger partial charge in [0, 0.05) is 30.7 Å². The van der Waals surface area contributed by atoms with E-state index in [1.807, 2.05) is 25.1 Å². The van der Waals surface area contributed by atoms with Gasteiger partial charge in [-0.2, -0.15) is 8.42 Å². The van der Waals surface area contributed by atoms with E-state index < -0.39 is 21.7 Å². The van der Waals surface area contributed by atoms with Gasteiger partial charge >= 0.3 is 16.3 Å². The summed E-state index contributed by atoms with van der Waals surface area (Å²) < 4.78 is 43.5. The van der Waals surface area contributed by atoms with Crippen LogP contribution in [0, 0.1) is 5.41 Å². The molecule has 1 aliphatic rings. The van der Waals surface area contributed by atoms with E-state index in [4.69, 9.17) is 13.7 Å². The summed E-state index contributed by atoms with van der Waals surface area (Å²) in [5, 5.41) is 3.94. The average Bonchev–Trinajstić information content (AvgIpc) is 3.38. The molecule has 1 fully saturated rings. The van der Waals surface area contributed by atoms with Gasteiger partial charge in [0.05, 0.1) is 24.6 Å². The molecule has 1 atom stereocenters. The fraction of sp³-hybridized carbons (Fsp3) is 0.591. The second kappa shape index (κ2) is 9.78. The maximum absolute atomic E-state index is 13.1. The molecule has 0 amide bonds. The summed E-state index contributed by atoms with van der Waals surface area (Å²) in [4.78, 5) is 14.6. The molecule has 1 aromatic heterocycles. The van der Waals surface area contributed by atoms with Gasteiger partial charge in [0.25, 0.3) is 0 Å². The number of nitrogens with one attached hydrogen (secondary N) is 1. The molecule has 1 aliphatic heterocycles. The van der Waals surface area contributed by atoms with E-state index in [0.29, 0.717) is 24.2 Å². The van der Waals surface area contributed by atoms with Crippen molar-refractivity contribution in [3.8, 4) is 5.75 Å². The molecule has 10 heteroatoms. The first kappa shape index (κ1) is 24.5. The number of ether oxygens (including phenoxy) is 2. The molecule has 1 unspecified atom stereocenters. The molecular weight excluding hydrogens is 434 g/mol. The minimum absolute atomic E-state index is 0.196. The summed E-state index contributed by atoms with van der Waals surface area (Å²) >= 11 is 0. The van der Waals surface area contributed by atoms with Crippen molar-refractivity contribution in [2.24, 2.45) is 5.41 Å². The summed E-state index contributed by atoms with van der Waals surface area (Å²) in [6.45, 7) is 5.07. The second-order valence-corrected chi connectivity index (χ2v) is 10.5. The van der Waals surface area contributed by atoms with Crippen LogP contribution in [0.5, 0.6) is 5.75 Å². The quantitative estimate of drug-likeness (QED) is 0.528. The Balaban J connectivity index is 1.83. The van der Waals surface area contributed by atoms with Crippen LogP contribution in [0.3, 0.4) is 0 Å². The van der Waals surface area contributed by atoms with Crippen molar-refractivity contribution in [1.82, 2.24) is 14.2 Å². The van der Waals surface area contributed by atoms with Crippen molar-refractivity contribution in [3.63, 3.8) is 0 Å². The van der Waals surface area contributed by atoms with Crippen molar-refractivity contribution < 1.29 is 26.9 Å². The maximum Gasteiger partial charge on any atom is 0.366 e. The molecule has 2 aromatic rings. The summed E-state index contributed by atoms with van der Waals surface area (Å²) in [5.41, 5.74) is 0.232. The highest BCUT2D eigenvalue weighted by Crippen LogP contribution is 2.29. The first-order valence-corrected chi connectivity index (χ1v) is 12.0. The molecule has 9 nitrogen and oxygen atoms in total. The number of esters is 1. The normalized spacial score (nSPS) is 17.2. The number of methoxy groups -OCH3 is 1. The minimum Gasteiger partial charge on any atom is -0.497 e. The largest absolute Gasteiger partial charge is 0.497 e. The number of fused-ring (bicyclic) bond motifs is 1. The first-order chi connectivity index (χ1) is 15.0. The topological polar surface area (TPSA) is 99.1 Å². The summed E-state index contributed by atoms with van der Waals surface area (Å²) in [7, 11) is 1.26. The third-order valence-corrected chi connectivity index (χ3v) is 6.74. The average molecular weight is 468 g/mol. The molecule has 1 saturated heterocycles. The molecular formula is C22H33N3O6S. The van der Waals surface area contributed by atoms with Crippen molar-refractivity contribution in [1.29, 1.82) is 0 Å². The molecule has 0 bridgehead atoms. The Morgan fingerprint density at radius 2 is 2.06 bits per heavy atom. The van der Waals surface area contributed by atoms with E-state index in [1.165, 1.54) is 7.11 Å². The van der Waals surface area contributed by atoms with Gasteiger partial charge in [0.15, 0.2) is 0 Å². The number of hydrogen-bond donors (Lipinski definition) is 1. The predicted molar refractivity (Wildman–Crippen MR) is 122 cm³/mol. The van der Waals surface area contributed by atoms with Gasteiger partial charge in [-0.3, -0.25) is 8.98 Å². The number of aromatic nitrogens is 1. The number of rotatable bonds is 10. The van der Waals surface area contributed by atoms with E-state index in [9.17, 15) is 13.2 Å². The van der Waals surface area contributed by atoms with E-state index in [1.54, 1.807) is 32.2 Å². The summed E-state index contributed by atoms with van der Waals surface area (Å²) in [6, 6.07) is 5.32. The Morgan fingerprint density at radius 3 is 2.69 bits per heavy atom. The second-order valence-electron chi connectivity index (χ2n) is 9.01. The fourth-order valence-corrected chi connectivity index (χ4v) is 4.68. The minimum atomic E-state index is -4.20. The number of carbonyl (C=O) groups excluding carboxylic acids is 1. The zero-order valence-corrected chi connectivity index (χ0v) is 20.2. The van der Waals surface area contributed by atoms with Gasteiger partial charge in [0.1, 0.15) is 11.9 Å². The Morgan fingerprint density at radius 1 is 1.31 bits per heavy atom. The Bertz CT molecular complexity index is 1060. The molecule has 0 radical (unpaired) electrons. The van der Waals surface area contributed by atoms with Gasteiger partial charge in [-0.05, 0) is 65.0 Å². The third-order valence-electron chi connectivity index (χ3n) is 5.54. The highest BCUT2D eigenvalue weighted by Gasteiger charge is 2.35. The van der Waals surface area contributed by atoms with Crippen LogP contribution >= 0.6 is 0 Å². The molecule has 1 N–H and O–H groups in total. The zero-order valence-electron chi connectivity index (χ0n) is 19.4. The van der Waals surface area contributed by atoms with Crippen LogP contribution in [-0.2, 0) is 30.4 Å². The number of benzene rings is 1. The molecule has 0 saturated carbocycles. The number of hydrogen-bond acceptors (Lipinski definition) is 8. The Kier molecular flexibility index (Phi) is 7.49. The Labute approximate surface area is 189 Å². The molecule has 1 aromatic carbocycles. The van der Waals surface area contributed by atoms with Gasteiger partial charge in [-0.15, -0.1) is 0 Å². The highest BCUT2D eigenvalue weighted by atomic mass is 32.2. The summed E-state index contributed by atoms with van der Waals surface area (Å²) in [5.74, 6) is 0.0624. The van der Waals surface area contributed by atoms with E-state index >= 15 is 0 Å². The lowest BCUT2D eigenvalue weighted by atomic mass is 9.95. The van der Waals surface area contributed by atoms with Crippen molar-refractivity contribution in [2.45, 2.75) is 32.8 Å². The molecule has 178 valence electrons. The van der Waals surface area contributed by atoms with Crippen LogP contribution in [0.4, 0.5) is 0 Å². The van der Waals surface area contributed by atoms with Crippen LogP contribution in [0.25, 0.3) is 10.9 Å². The van der Waals surface area contributed by atoms with Gasteiger partial charge in [-0.25, -0.2) is 3.97 Å². The van der Waals surface area contributed by atoms with Gasteiger partial charge in [-0.1, -0.05) is 0 Å². The number of carbonyl (C=O) groups is 1. The molecule has 3 rings (SSSR count). The van der Waals surface area contributed by atoms with Crippen LogP contribution < -0.4 is 10.1 Å². The van der Waals surface area contributed by atoms with Crippen LogP contribution in [0.15, 0.2) is 24.4 Å². The fourth-order valence-electron chi connectivity index (χ4n) is 3.48. The van der Waals surface area contributed by atoms with Crippen LogP contribution in [-0.4, -0.2) is 76.8 Å². The first-order valence-electron chi connectivity index (χ1n) is 10.7. The molecule has 0 aliphatic carbocycles. The van der Waals surface area contributed by atoms with Crippen molar-refractivity contribution in [2.75, 3.05) is 47.4 Å².